The fraction of sp³-hybridized carbons (Fsp3) is 0.0625. The molecule has 2 N–H and O–H groups in total. The number of thioether (sulfide) groups is 1. The maximum absolute atomic E-state index is 13.4. The Morgan fingerprint density at radius 2 is 1.95 bits per heavy atom. The SMILES string of the molecule is Nc1ccc(SCc2cc3ccccc3nc2Cl)cc1F. The standard InChI is InChI=1S/C16H12ClFN2S/c17-16-11(7-10-3-1-2-4-15(10)20-16)9-21-12-5-6-14(19)13(18)8-12/h1-8H,9,19H2. The van der Waals surface area contributed by atoms with Gasteiger partial charge in [-0.15, -0.1) is 11.8 Å². The van der Waals surface area contributed by atoms with Gasteiger partial charge in [0.25, 0.3) is 0 Å². The number of nitrogen functional groups attached to an aromatic ring is 1. The Kier molecular flexibility index (Phi) is 3.99. The number of nitrogens with zero attached hydrogens (tertiary/aromatic N) is 1. The Balaban J connectivity index is 1.84. The fourth-order valence-electron chi connectivity index (χ4n) is 2.00. The van der Waals surface area contributed by atoms with Gasteiger partial charge in [-0.3, -0.25) is 0 Å². The van der Waals surface area contributed by atoms with Crippen molar-refractivity contribution in [3.8, 4) is 0 Å². The Morgan fingerprint density at radius 1 is 1.14 bits per heavy atom. The first-order valence-corrected chi connectivity index (χ1v) is 7.72. The minimum atomic E-state index is -0.400. The number of hydrogen-bond donors (Lipinski definition) is 1. The van der Waals surface area contributed by atoms with E-state index in [0.29, 0.717) is 10.9 Å². The molecule has 0 aliphatic rings. The van der Waals surface area contributed by atoms with E-state index in [1.165, 1.54) is 17.8 Å². The lowest BCUT2D eigenvalue weighted by Crippen LogP contribution is -1.91. The molecule has 1 heterocycles. The monoisotopic (exact) mass is 318 g/mol. The molecule has 5 heteroatoms. The molecule has 0 saturated heterocycles. The summed E-state index contributed by atoms with van der Waals surface area (Å²) in [4.78, 5) is 5.19. The number of anilines is 1. The molecule has 0 bridgehead atoms. The van der Waals surface area contributed by atoms with Crippen LogP contribution in [-0.2, 0) is 5.75 Å². The molecule has 0 spiro atoms. The van der Waals surface area contributed by atoms with E-state index in [1.54, 1.807) is 12.1 Å². The number of benzene rings is 2. The number of pyridine rings is 1. The normalized spacial score (nSPS) is 11.0. The molecule has 2 aromatic carbocycles. The van der Waals surface area contributed by atoms with Gasteiger partial charge in [-0.1, -0.05) is 29.8 Å². The van der Waals surface area contributed by atoms with Crippen LogP contribution >= 0.6 is 23.4 Å². The summed E-state index contributed by atoms with van der Waals surface area (Å²) in [5.41, 5.74) is 7.42. The largest absolute Gasteiger partial charge is 0.396 e. The zero-order valence-electron chi connectivity index (χ0n) is 11.0. The fourth-order valence-corrected chi connectivity index (χ4v) is 3.18. The van der Waals surface area contributed by atoms with Crippen molar-refractivity contribution < 1.29 is 4.39 Å². The molecule has 0 fully saturated rings. The quantitative estimate of drug-likeness (QED) is 0.424. The second-order valence-electron chi connectivity index (χ2n) is 4.60. The average Bonchev–Trinajstić information content (AvgIpc) is 2.48. The van der Waals surface area contributed by atoms with Crippen molar-refractivity contribution >= 4 is 40.0 Å². The second kappa shape index (κ2) is 5.92. The van der Waals surface area contributed by atoms with Crippen molar-refractivity contribution in [1.29, 1.82) is 0 Å². The number of rotatable bonds is 3. The predicted octanol–water partition coefficient (Wildman–Crippen LogP) is 4.90. The number of nitrogens with two attached hydrogens (primary N) is 1. The molecule has 21 heavy (non-hydrogen) atoms. The van der Waals surface area contributed by atoms with Crippen molar-refractivity contribution in [2.75, 3.05) is 5.73 Å². The Labute approximate surface area is 131 Å². The molecule has 0 amide bonds. The zero-order valence-corrected chi connectivity index (χ0v) is 12.6. The topological polar surface area (TPSA) is 38.9 Å². The van der Waals surface area contributed by atoms with Crippen molar-refractivity contribution in [1.82, 2.24) is 4.98 Å². The summed E-state index contributed by atoms with van der Waals surface area (Å²) >= 11 is 7.71. The van der Waals surface area contributed by atoms with Crippen molar-refractivity contribution in [3.63, 3.8) is 0 Å². The molecule has 3 aromatic rings. The molecule has 0 aliphatic heterocycles. The second-order valence-corrected chi connectivity index (χ2v) is 6.01. The summed E-state index contributed by atoms with van der Waals surface area (Å²) < 4.78 is 13.4. The summed E-state index contributed by atoms with van der Waals surface area (Å²) in [5.74, 6) is 0.225. The van der Waals surface area contributed by atoms with Crippen LogP contribution in [0.3, 0.4) is 0 Å². The highest BCUT2D eigenvalue weighted by Crippen LogP contribution is 2.29. The van der Waals surface area contributed by atoms with Crippen LogP contribution in [0.25, 0.3) is 10.9 Å². The molecule has 3 rings (SSSR count). The zero-order chi connectivity index (χ0) is 14.8. The minimum absolute atomic E-state index is 0.157. The third-order valence-electron chi connectivity index (χ3n) is 3.12. The molecule has 1 aromatic heterocycles. The molecule has 0 atom stereocenters. The van der Waals surface area contributed by atoms with Crippen LogP contribution in [0.5, 0.6) is 0 Å². The minimum Gasteiger partial charge on any atom is -0.396 e. The first kappa shape index (κ1) is 14.2. The molecule has 106 valence electrons. The highest BCUT2D eigenvalue weighted by molar-refractivity contribution is 7.98. The highest BCUT2D eigenvalue weighted by atomic mass is 35.5. The van der Waals surface area contributed by atoms with Gasteiger partial charge in [0, 0.05) is 21.6 Å². The van der Waals surface area contributed by atoms with E-state index in [-0.39, 0.29) is 5.69 Å². The van der Waals surface area contributed by atoms with Gasteiger partial charge in [-0.25, -0.2) is 9.37 Å². The van der Waals surface area contributed by atoms with Gasteiger partial charge in [0.15, 0.2) is 0 Å². The summed E-state index contributed by atoms with van der Waals surface area (Å²) in [6.45, 7) is 0. The molecular weight excluding hydrogens is 307 g/mol. The number of hydrogen-bond acceptors (Lipinski definition) is 3. The van der Waals surface area contributed by atoms with Crippen LogP contribution in [-0.4, -0.2) is 4.98 Å². The van der Waals surface area contributed by atoms with Gasteiger partial charge in [-0.2, -0.15) is 0 Å². The lowest BCUT2D eigenvalue weighted by molar-refractivity contribution is 0.629. The highest BCUT2D eigenvalue weighted by Gasteiger charge is 2.07. The Morgan fingerprint density at radius 3 is 2.76 bits per heavy atom. The van der Waals surface area contributed by atoms with Crippen LogP contribution in [0, 0.1) is 5.82 Å². The van der Waals surface area contributed by atoms with Crippen LogP contribution < -0.4 is 5.73 Å². The summed E-state index contributed by atoms with van der Waals surface area (Å²) in [6, 6.07) is 14.6. The number of aromatic nitrogens is 1. The lowest BCUT2D eigenvalue weighted by atomic mass is 10.2. The first-order chi connectivity index (χ1) is 10.1. The summed E-state index contributed by atoms with van der Waals surface area (Å²) in [7, 11) is 0. The van der Waals surface area contributed by atoms with E-state index in [9.17, 15) is 4.39 Å². The molecule has 0 unspecified atom stereocenters. The molecule has 2 nitrogen and oxygen atoms in total. The maximum atomic E-state index is 13.4. The van der Waals surface area contributed by atoms with E-state index in [1.807, 2.05) is 30.3 Å². The summed E-state index contributed by atoms with van der Waals surface area (Å²) in [6.07, 6.45) is 0. The van der Waals surface area contributed by atoms with Crippen molar-refractivity contribution in [2.45, 2.75) is 10.6 Å². The van der Waals surface area contributed by atoms with Gasteiger partial charge in [0.2, 0.25) is 0 Å². The van der Waals surface area contributed by atoms with Gasteiger partial charge in [-0.05, 0) is 30.3 Å². The van der Waals surface area contributed by atoms with Crippen molar-refractivity contribution in [3.05, 3.63) is 65.1 Å². The number of fused-ring (bicyclic) bond motifs is 1. The van der Waals surface area contributed by atoms with Gasteiger partial charge in [0.1, 0.15) is 11.0 Å². The van der Waals surface area contributed by atoms with Crippen molar-refractivity contribution in [2.24, 2.45) is 0 Å². The average molecular weight is 319 g/mol. The molecule has 0 saturated carbocycles. The van der Waals surface area contributed by atoms with E-state index in [4.69, 9.17) is 17.3 Å². The molecule has 0 aliphatic carbocycles. The van der Waals surface area contributed by atoms with Gasteiger partial charge >= 0.3 is 0 Å². The van der Waals surface area contributed by atoms with E-state index >= 15 is 0 Å². The van der Waals surface area contributed by atoms with E-state index in [0.717, 1.165) is 21.4 Å². The Hall–Kier alpha value is -1.78. The maximum Gasteiger partial charge on any atom is 0.147 e. The number of para-hydroxylation sites is 1. The lowest BCUT2D eigenvalue weighted by Gasteiger charge is -2.07. The van der Waals surface area contributed by atoms with Crippen LogP contribution in [0.4, 0.5) is 10.1 Å². The molecule has 0 radical (unpaired) electrons. The Bertz CT molecular complexity index is 807. The van der Waals surface area contributed by atoms with E-state index in [2.05, 4.69) is 4.98 Å². The molecular formula is C16H12ClFN2S. The van der Waals surface area contributed by atoms with Crippen LogP contribution in [0.1, 0.15) is 5.56 Å². The van der Waals surface area contributed by atoms with Crippen LogP contribution in [0.2, 0.25) is 5.15 Å². The number of halogens is 2. The van der Waals surface area contributed by atoms with Gasteiger partial charge < -0.3 is 5.73 Å². The summed E-state index contributed by atoms with van der Waals surface area (Å²) in [5, 5.41) is 1.53. The third-order valence-corrected chi connectivity index (χ3v) is 4.49. The smallest absolute Gasteiger partial charge is 0.147 e. The first-order valence-electron chi connectivity index (χ1n) is 6.35. The van der Waals surface area contributed by atoms with Crippen LogP contribution in [0.15, 0.2) is 53.4 Å². The van der Waals surface area contributed by atoms with Gasteiger partial charge in [0.05, 0.1) is 11.2 Å². The van der Waals surface area contributed by atoms with E-state index < -0.39 is 5.82 Å². The third kappa shape index (κ3) is 3.12. The predicted molar refractivity (Wildman–Crippen MR) is 87.1 cm³/mol.